The molecule has 56 valence electrons. The van der Waals surface area contributed by atoms with Gasteiger partial charge in [-0.1, -0.05) is 13.3 Å². The summed E-state index contributed by atoms with van der Waals surface area (Å²) in [6, 6.07) is 0. The summed E-state index contributed by atoms with van der Waals surface area (Å²) >= 11 is 0. The Bertz CT molecular complexity index is 146. The molecule has 1 rings (SSSR count). The van der Waals surface area contributed by atoms with Gasteiger partial charge < -0.3 is 4.74 Å². The third-order valence-corrected chi connectivity index (χ3v) is 1.61. The van der Waals surface area contributed by atoms with Gasteiger partial charge in [-0.3, -0.25) is 9.59 Å². The van der Waals surface area contributed by atoms with Crippen molar-refractivity contribution in [2.24, 2.45) is 5.92 Å². The van der Waals surface area contributed by atoms with Gasteiger partial charge in [0.1, 0.15) is 5.92 Å². The molecule has 0 aromatic heterocycles. The second-order valence-electron chi connectivity index (χ2n) is 2.42. The van der Waals surface area contributed by atoms with Crippen molar-refractivity contribution in [2.75, 3.05) is 6.61 Å². The van der Waals surface area contributed by atoms with Crippen LogP contribution < -0.4 is 0 Å². The maximum absolute atomic E-state index is 10.8. The summed E-state index contributed by atoms with van der Waals surface area (Å²) in [4.78, 5) is 21.6. The number of rotatable bonds is 2. The second-order valence-corrected chi connectivity index (χ2v) is 2.42. The molecule has 1 aliphatic heterocycles. The average molecular weight is 142 g/mol. The summed E-state index contributed by atoms with van der Waals surface area (Å²) in [6.45, 7) is 1.93. The van der Waals surface area contributed by atoms with Gasteiger partial charge in [-0.25, -0.2) is 0 Å². The van der Waals surface area contributed by atoms with Gasteiger partial charge in [-0.15, -0.1) is 0 Å². The van der Waals surface area contributed by atoms with Crippen LogP contribution in [0.1, 0.15) is 19.8 Å². The first-order valence-electron chi connectivity index (χ1n) is 3.45. The van der Waals surface area contributed by atoms with Crippen LogP contribution in [-0.2, 0) is 14.3 Å². The minimum atomic E-state index is -0.454. The number of esters is 1. The molecule has 0 saturated carbocycles. The van der Waals surface area contributed by atoms with E-state index in [0.29, 0.717) is 6.42 Å². The lowest BCUT2D eigenvalue weighted by atomic mass is 10.0. The van der Waals surface area contributed by atoms with E-state index in [1.54, 1.807) is 0 Å². The second kappa shape index (κ2) is 2.82. The van der Waals surface area contributed by atoms with Crippen LogP contribution in [0.2, 0.25) is 0 Å². The number of ether oxygens (including phenoxy) is 1. The molecule has 1 fully saturated rings. The minimum absolute atomic E-state index is 0.0104. The van der Waals surface area contributed by atoms with E-state index in [1.807, 2.05) is 6.92 Å². The van der Waals surface area contributed by atoms with Crippen molar-refractivity contribution >= 4 is 11.8 Å². The number of hydrogen-bond donors (Lipinski definition) is 0. The fourth-order valence-corrected chi connectivity index (χ4v) is 1.04. The van der Waals surface area contributed by atoms with Gasteiger partial charge in [-0.2, -0.15) is 0 Å². The van der Waals surface area contributed by atoms with E-state index < -0.39 is 5.92 Å². The first kappa shape index (κ1) is 7.25. The predicted octanol–water partition coefficient (Wildman–Crippen LogP) is 0.529. The number of ketones is 1. The zero-order chi connectivity index (χ0) is 7.56. The molecule has 0 amide bonds. The van der Waals surface area contributed by atoms with Gasteiger partial charge in [0, 0.05) is 0 Å². The summed E-state index contributed by atoms with van der Waals surface area (Å²) in [6.07, 6.45) is 1.49. The summed E-state index contributed by atoms with van der Waals surface area (Å²) in [7, 11) is 0. The smallest absolute Gasteiger partial charge is 0.317 e. The SMILES string of the molecule is CCCC1C(=O)COC1=O. The van der Waals surface area contributed by atoms with Gasteiger partial charge in [0.2, 0.25) is 0 Å². The Labute approximate surface area is 59.4 Å². The molecule has 3 nitrogen and oxygen atoms in total. The van der Waals surface area contributed by atoms with Gasteiger partial charge >= 0.3 is 5.97 Å². The first-order valence-corrected chi connectivity index (χ1v) is 3.45. The molecular weight excluding hydrogens is 132 g/mol. The molecule has 1 saturated heterocycles. The van der Waals surface area contributed by atoms with Gasteiger partial charge in [0.05, 0.1) is 0 Å². The number of cyclic esters (lactones) is 1. The minimum Gasteiger partial charge on any atom is -0.457 e. The largest absolute Gasteiger partial charge is 0.457 e. The Morgan fingerprint density at radius 2 is 2.30 bits per heavy atom. The van der Waals surface area contributed by atoms with Crippen molar-refractivity contribution in [1.82, 2.24) is 0 Å². The van der Waals surface area contributed by atoms with Crippen LogP contribution in [0.25, 0.3) is 0 Å². The molecule has 1 aliphatic rings. The molecule has 0 bridgehead atoms. The molecule has 0 aromatic rings. The van der Waals surface area contributed by atoms with E-state index in [-0.39, 0.29) is 18.4 Å². The van der Waals surface area contributed by atoms with E-state index in [1.165, 1.54) is 0 Å². The highest BCUT2D eigenvalue weighted by Gasteiger charge is 2.33. The Hall–Kier alpha value is -0.860. The molecule has 0 spiro atoms. The van der Waals surface area contributed by atoms with Crippen LogP contribution in [0.15, 0.2) is 0 Å². The lowest BCUT2D eigenvalue weighted by Gasteiger charge is -1.98. The zero-order valence-corrected chi connectivity index (χ0v) is 5.92. The molecule has 1 heterocycles. The van der Waals surface area contributed by atoms with Crippen LogP contribution >= 0.6 is 0 Å². The fraction of sp³-hybridized carbons (Fsp3) is 0.714. The fourth-order valence-electron chi connectivity index (χ4n) is 1.04. The molecule has 10 heavy (non-hydrogen) atoms. The molecule has 0 aliphatic carbocycles. The highest BCUT2D eigenvalue weighted by Crippen LogP contribution is 2.15. The standard InChI is InChI=1S/C7H10O3/c1-2-3-5-6(8)4-10-7(5)9/h5H,2-4H2,1H3. The maximum Gasteiger partial charge on any atom is 0.317 e. The van der Waals surface area contributed by atoms with Gasteiger partial charge in [-0.05, 0) is 6.42 Å². The summed E-state index contributed by atoms with van der Waals surface area (Å²) in [5.41, 5.74) is 0. The van der Waals surface area contributed by atoms with Crippen LogP contribution in [0.5, 0.6) is 0 Å². The van der Waals surface area contributed by atoms with E-state index >= 15 is 0 Å². The molecule has 0 N–H and O–H groups in total. The van der Waals surface area contributed by atoms with E-state index in [4.69, 9.17) is 0 Å². The Kier molecular flexibility index (Phi) is 2.04. The molecule has 1 atom stereocenters. The number of Topliss-reactive ketones (excluding diaryl/α,β-unsaturated/α-hetero) is 1. The summed E-state index contributed by atoms with van der Waals surface area (Å²) in [5.74, 6) is -0.858. The predicted molar refractivity (Wildman–Crippen MR) is 34.4 cm³/mol. The zero-order valence-electron chi connectivity index (χ0n) is 5.92. The normalized spacial score (nSPS) is 25.1. The number of hydrogen-bond acceptors (Lipinski definition) is 3. The first-order chi connectivity index (χ1) is 4.75. The van der Waals surface area contributed by atoms with Gasteiger partial charge in [0.15, 0.2) is 12.4 Å². The number of carbonyl (C=O) groups is 2. The average Bonchev–Trinajstić information content (AvgIpc) is 2.20. The van der Waals surface area contributed by atoms with Crippen LogP contribution in [0, 0.1) is 5.92 Å². The Morgan fingerprint density at radius 1 is 1.60 bits per heavy atom. The van der Waals surface area contributed by atoms with Crippen LogP contribution in [0.4, 0.5) is 0 Å². The van der Waals surface area contributed by atoms with Crippen molar-refractivity contribution in [1.29, 1.82) is 0 Å². The molecule has 1 unspecified atom stereocenters. The van der Waals surface area contributed by atoms with Crippen molar-refractivity contribution in [3.8, 4) is 0 Å². The van der Waals surface area contributed by atoms with E-state index in [0.717, 1.165) is 6.42 Å². The third-order valence-electron chi connectivity index (χ3n) is 1.61. The maximum atomic E-state index is 10.8. The molecule has 0 radical (unpaired) electrons. The molecule has 3 heteroatoms. The van der Waals surface area contributed by atoms with Crippen molar-refractivity contribution in [3.05, 3.63) is 0 Å². The van der Waals surface area contributed by atoms with Crippen molar-refractivity contribution in [3.63, 3.8) is 0 Å². The lowest BCUT2D eigenvalue weighted by molar-refractivity contribution is -0.141. The quantitative estimate of drug-likeness (QED) is 0.417. The van der Waals surface area contributed by atoms with E-state index in [9.17, 15) is 9.59 Å². The van der Waals surface area contributed by atoms with Crippen LogP contribution in [0.3, 0.4) is 0 Å². The van der Waals surface area contributed by atoms with Crippen LogP contribution in [-0.4, -0.2) is 18.4 Å². The Balaban J connectivity index is 2.54. The van der Waals surface area contributed by atoms with E-state index in [2.05, 4.69) is 4.74 Å². The highest BCUT2D eigenvalue weighted by molar-refractivity contribution is 6.04. The lowest BCUT2D eigenvalue weighted by Crippen LogP contribution is -2.14. The topological polar surface area (TPSA) is 43.4 Å². The Morgan fingerprint density at radius 3 is 2.70 bits per heavy atom. The van der Waals surface area contributed by atoms with Crippen molar-refractivity contribution in [2.45, 2.75) is 19.8 Å². The highest BCUT2D eigenvalue weighted by atomic mass is 16.5. The number of carbonyl (C=O) groups excluding carboxylic acids is 2. The summed E-state index contributed by atoms with van der Waals surface area (Å²) in [5, 5.41) is 0. The third kappa shape index (κ3) is 1.17. The molecular formula is C7H10O3. The summed E-state index contributed by atoms with van der Waals surface area (Å²) < 4.78 is 4.54. The van der Waals surface area contributed by atoms with Crippen molar-refractivity contribution < 1.29 is 14.3 Å². The van der Waals surface area contributed by atoms with Gasteiger partial charge in [0.25, 0.3) is 0 Å². The molecule has 0 aromatic carbocycles. The monoisotopic (exact) mass is 142 g/mol.